The molecule has 0 fully saturated rings. The largest absolute Gasteiger partial charge is 0.417 e. The fourth-order valence-corrected chi connectivity index (χ4v) is 2.12. The minimum Gasteiger partial charge on any atom is -0.255 e. The number of nitrogens with zero attached hydrogens (tertiary/aromatic N) is 1. The van der Waals surface area contributed by atoms with Crippen LogP contribution in [0.5, 0.6) is 0 Å². The number of aryl methyl sites for hydroxylation is 1. The molecule has 25 heavy (non-hydrogen) atoms. The molecule has 0 spiro atoms. The standard InChI is InChI=1S/C15H8F9N/c1-7-2-11(15(22,23)24)6-25-12(7)8-3-9(13(16,17)18)5-10(4-8)14(19,20)21/h2-6H,1H3. The molecule has 0 saturated carbocycles. The first-order valence-electron chi connectivity index (χ1n) is 6.53. The molecule has 0 unspecified atom stereocenters. The Labute approximate surface area is 135 Å². The van der Waals surface area contributed by atoms with Crippen molar-refractivity contribution in [2.24, 2.45) is 0 Å². The molecule has 0 radical (unpaired) electrons. The highest BCUT2D eigenvalue weighted by atomic mass is 19.4. The lowest BCUT2D eigenvalue weighted by Gasteiger charge is -2.15. The third kappa shape index (κ3) is 4.23. The van der Waals surface area contributed by atoms with E-state index in [9.17, 15) is 39.5 Å². The van der Waals surface area contributed by atoms with Crippen LogP contribution in [0, 0.1) is 6.92 Å². The molecule has 1 nitrogen and oxygen atoms in total. The highest BCUT2D eigenvalue weighted by Crippen LogP contribution is 2.39. The van der Waals surface area contributed by atoms with Gasteiger partial charge in [0, 0.05) is 11.8 Å². The van der Waals surface area contributed by atoms with E-state index in [0.717, 1.165) is 6.92 Å². The summed E-state index contributed by atoms with van der Waals surface area (Å²) in [5.41, 5.74) is -5.48. The van der Waals surface area contributed by atoms with Crippen LogP contribution in [-0.4, -0.2) is 4.98 Å². The minimum atomic E-state index is -5.06. The quantitative estimate of drug-likeness (QED) is 0.550. The van der Waals surface area contributed by atoms with Gasteiger partial charge in [-0.3, -0.25) is 4.98 Å². The maximum atomic E-state index is 12.8. The predicted molar refractivity (Wildman–Crippen MR) is 69.4 cm³/mol. The Balaban J connectivity index is 2.67. The van der Waals surface area contributed by atoms with Crippen LogP contribution in [0.3, 0.4) is 0 Å². The van der Waals surface area contributed by atoms with Gasteiger partial charge >= 0.3 is 18.5 Å². The Morgan fingerprint density at radius 3 is 1.44 bits per heavy atom. The maximum absolute atomic E-state index is 12.8. The van der Waals surface area contributed by atoms with Gasteiger partial charge in [0.25, 0.3) is 0 Å². The van der Waals surface area contributed by atoms with Gasteiger partial charge in [-0.2, -0.15) is 39.5 Å². The normalized spacial score (nSPS) is 13.2. The second-order valence-corrected chi connectivity index (χ2v) is 5.18. The second kappa shape index (κ2) is 5.92. The van der Waals surface area contributed by atoms with Gasteiger partial charge in [-0.15, -0.1) is 0 Å². The molecule has 0 bridgehead atoms. The monoisotopic (exact) mass is 373 g/mol. The molecular weight excluding hydrogens is 365 g/mol. The summed E-state index contributed by atoms with van der Waals surface area (Å²) in [5.74, 6) is 0. The Hall–Kier alpha value is -2.26. The number of alkyl halides is 9. The van der Waals surface area contributed by atoms with Crippen LogP contribution in [0.15, 0.2) is 30.5 Å². The zero-order valence-electron chi connectivity index (χ0n) is 12.2. The fourth-order valence-electron chi connectivity index (χ4n) is 2.12. The van der Waals surface area contributed by atoms with E-state index in [-0.39, 0.29) is 11.6 Å². The van der Waals surface area contributed by atoms with Gasteiger partial charge in [0.05, 0.1) is 22.4 Å². The number of benzene rings is 1. The third-order valence-electron chi connectivity index (χ3n) is 3.27. The van der Waals surface area contributed by atoms with Crippen LogP contribution in [0.4, 0.5) is 39.5 Å². The van der Waals surface area contributed by atoms with Gasteiger partial charge in [-0.1, -0.05) is 0 Å². The van der Waals surface area contributed by atoms with E-state index in [1.54, 1.807) is 0 Å². The highest BCUT2D eigenvalue weighted by Gasteiger charge is 2.37. The number of pyridine rings is 1. The van der Waals surface area contributed by atoms with Crippen molar-refractivity contribution >= 4 is 0 Å². The van der Waals surface area contributed by atoms with Gasteiger partial charge in [-0.25, -0.2) is 0 Å². The fraction of sp³-hybridized carbons (Fsp3) is 0.267. The molecule has 1 aromatic heterocycles. The third-order valence-corrected chi connectivity index (χ3v) is 3.27. The van der Waals surface area contributed by atoms with Crippen LogP contribution in [0.1, 0.15) is 22.3 Å². The van der Waals surface area contributed by atoms with E-state index in [4.69, 9.17) is 0 Å². The summed E-state index contributed by atoms with van der Waals surface area (Å²) in [5, 5.41) is 0. The van der Waals surface area contributed by atoms with Crippen LogP contribution in [-0.2, 0) is 18.5 Å². The van der Waals surface area contributed by atoms with Crippen LogP contribution in [0.25, 0.3) is 11.3 Å². The summed E-state index contributed by atoms with van der Waals surface area (Å²) in [6.45, 7) is 1.12. The number of rotatable bonds is 1. The summed E-state index contributed by atoms with van der Waals surface area (Å²) < 4.78 is 115. The molecule has 1 aromatic carbocycles. The molecule has 10 heteroatoms. The molecule has 0 N–H and O–H groups in total. The van der Waals surface area contributed by atoms with Crippen LogP contribution in [0.2, 0.25) is 0 Å². The lowest BCUT2D eigenvalue weighted by atomic mass is 9.99. The van der Waals surface area contributed by atoms with E-state index in [0.29, 0.717) is 24.4 Å². The Morgan fingerprint density at radius 2 is 1.08 bits per heavy atom. The van der Waals surface area contributed by atoms with Gasteiger partial charge in [-0.05, 0) is 36.8 Å². The van der Waals surface area contributed by atoms with Crippen molar-refractivity contribution in [1.82, 2.24) is 4.98 Å². The van der Waals surface area contributed by atoms with Crippen molar-refractivity contribution in [3.8, 4) is 11.3 Å². The first-order chi connectivity index (χ1) is 11.2. The lowest BCUT2D eigenvalue weighted by molar-refractivity contribution is -0.143. The van der Waals surface area contributed by atoms with E-state index in [1.807, 2.05) is 0 Å². The van der Waals surface area contributed by atoms with Crippen molar-refractivity contribution < 1.29 is 39.5 Å². The topological polar surface area (TPSA) is 12.9 Å². The second-order valence-electron chi connectivity index (χ2n) is 5.18. The minimum absolute atomic E-state index is 0.0666. The molecule has 2 rings (SSSR count). The van der Waals surface area contributed by atoms with E-state index in [1.165, 1.54) is 0 Å². The average Bonchev–Trinajstić information content (AvgIpc) is 2.43. The van der Waals surface area contributed by atoms with Crippen LogP contribution < -0.4 is 0 Å². The maximum Gasteiger partial charge on any atom is 0.417 e. The summed E-state index contributed by atoms with van der Waals surface area (Å²) >= 11 is 0. The smallest absolute Gasteiger partial charge is 0.255 e. The van der Waals surface area contributed by atoms with E-state index in [2.05, 4.69) is 4.98 Å². The van der Waals surface area contributed by atoms with Gasteiger partial charge in [0.1, 0.15) is 0 Å². The predicted octanol–water partition coefficient (Wildman–Crippen LogP) is 6.11. The van der Waals surface area contributed by atoms with Gasteiger partial charge in [0.2, 0.25) is 0 Å². The Morgan fingerprint density at radius 1 is 0.640 bits per heavy atom. The number of halogens is 9. The number of aromatic nitrogens is 1. The van der Waals surface area contributed by atoms with Gasteiger partial charge in [0.15, 0.2) is 0 Å². The summed E-state index contributed by atoms with van der Waals surface area (Å²) in [4.78, 5) is 3.41. The molecular formula is C15H8F9N. The Bertz CT molecular complexity index is 753. The van der Waals surface area contributed by atoms with E-state index < -0.39 is 46.5 Å². The summed E-state index contributed by atoms with van der Waals surface area (Å²) in [6, 6.07) is 1.37. The molecule has 0 aliphatic carbocycles. The molecule has 1 heterocycles. The SMILES string of the molecule is Cc1cc(C(F)(F)F)cnc1-c1cc(C(F)(F)F)cc(C(F)(F)F)c1. The van der Waals surface area contributed by atoms with Crippen molar-refractivity contribution in [3.05, 3.63) is 52.7 Å². The highest BCUT2D eigenvalue weighted by molar-refractivity contribution is 5.65. The zero-order chi connectivity index (χ0) is 19.2. The number of hydrogen-bond acceptors (Lipinski definition) is 1. The molecule has 0 saturated heterocycles. The molecule has 136 valence electrons. The molecule has 2 aromatic rings. The zero-order valence-corrected chi connectivity index (χ0v) is 12.2. The first-order valence-corrected chi connectivity index (χ1v) is 6.53. The van der Waals surface area contributed by atoms with Crippen molar-refractivity contribution in [1.29, 1.82) is 0 Å². The molecule has 0 aliphatic heterocycles. The van der Waals surface area contributed by atoms with Crippen molar-refractivity contribution in [2.45, 2.75) is 25.5 Å². The lowest BCUT2D eigenvalue weighted by Crippen LogP contribution is -2.11. The van der Waals surface area contributed by atoms with E-state index >= 15 is 0 Å². The van der Waals surface area contributed by atoms with Gasteiger partial charge < -0.3 is 0 Å². The summed E-state index contributed by atoms with van der Waals surface area (Å²) in [7, 11) is 0. The molecule has 0 aliphatic rings. The first kappa shape index (κ1) is 19.1. The summed E-state index contributed by atoms with van der Waals surface area (Å²) in [6.07, 6.45) is -14.5. The van der Waals surface area contributed by atoms with Crippen molar-refractivity contribution in [3.63, 3.8) is 0 Å². The Kier molecular flexibility index (Phi) is 4.52. The average molecular weight is 373 g/mol. The molecule has 0 atom stereocenters. The number of hydrogen-bond donors (Lipinski definition) is 0. The van der Waals surface area contributed by atoms with Crippen molar-refractivity contribution in [2.75, 3.05) is 0 Å². The molecule has 0 amide bonds. The van der Waals surface area contributed by atoms with Crippen LogP contribution >= 0.6 is 0 Å².